The van der Waals surface area contributed by atoms with E-state index in [1.165, 1.54) is 10.4 Å². The summed E-state index contributed by atoms with van der Waals surface area (Å²) in [4.78, 5) is 13.7. The number of ether oxygens (including phenoxy) is 4. The van der Waals surface area contributed by atoms with Crippen molar-refractivity contribution in [2.24, 2.45) is 17.8 Å². The number of carbonyl (C=O) groups excluding carboxylic acids is 1. The van der Waals surface area contributed by atoms with E-state index in [9.17, 15) is 18.3 Å². The number of anilines is 1. The minimum atomic E-state index is -3.89. The van der Waals surface area contributed by atoms with Crippen molar-refractivity contribution >= 4 is 21.7 Å². The van der Waals surface area contributed by atoms with E-state index in [1.807, 2.05) is 27.7 Å². The number of nitrogens with two attached hydrogens (primary N) is 1. The lowest BCUT2D eigenvalue weighted by molar-refractivity contribution is -0.156. The average Bonchev–Trinajstić information content (AvgIpc) is 3.53. The Morgan fingerprint density at radius 3 is 2.62 bits per heavy atom. The van der Waals surface area contributed by atoms with Gasteiger partial charge in [0, 0.05) is 30.3 Å². The molecule has 3 aliphatic heterocycles. The SMILES string of the molecule is CC(C)CN1C[C@H]([C@@H](CC(=O)O[C@H]2COC3OCCC32)Cc2ccc(O)cc2)OC(C)(C)c2cc(ccc2N)S1(=O)=O. The number of carbonyl (C=O) groups is 1. The molecule has 3 heterocycles. The van der Waals surface area contributed by atoms with Crippen molar-refractivity contribution < 1.29 is 37.3 Å². The van der Waals surface area contributed by atoms with Crippen LogP contribution in [0.1, 0.15) is 51.7 Å². The van der Waals surface area contributed by atoms with Crippen LogP contribution in [-0.2, 0) is 45.8 Å². The molecule has 42 heavy (non-hydrogen) atoms. The number of benzene rings is 2. The van der Waals surface area contributed by atoms with Crippen LogP contribution in [0.15, 0.2) is 47.4 Å². The predicted molar refractivity (Wildman–Crippen MR) is 156 cm³/mol. The van der Waals surface area contributed by atoms with Crippen molar-refractivity contribution in [3.63, 3.8) is 0 Å². The Hall–Kier alpha value is -2.70. The largest absolute Gasteiger partial charge is 0.508 e. The zero-order valence-electron chi connectivity index (χ0n) is 24.7. The van der Waals surface area contributed by atoms with Crippen LogP contribution in [0, 0.1) is 17.8 Å². The minimum absolute atomic E-state index is 0.000993. The number of fused-ring (bicyclic) bond motifs is 3. The standard InChI is InChI=1S/C31H42N2O8S/c1-19(2)16-33-17-27(41-31(3,4)25-15-23(42(33,36)37)9-10-26(25)32)21(13-20-5-7-22(34)8-6-20)14-29(35)40-28-18-39-30-24(28)11-12-38-30/h5-10,15,19,21,24,27-28,30,34H,11-14,16-18,32H2,1-4H3/t21-,24?,27-,28+,30?/m1/s1. The van der Waals surface area contributed by atoms with Gasteiger partial charge >= 0.3 is 5.97 Å². The van der Waals surface area contributed by atoms with Crippen LogP contribution >= 0.6 is 0 Å². The highest BCUT2D eigenvalue weighted by Gasteiger charge is 2.45. The third kappa shape index (κ3) is 6.60. The molecule has 0 aliphatic carbocycles. The number of esters is 1. The maximum atomic E-state index is 14.0. The van der Waals surface area contributed by atoms with Crippen molar-refractivity contribution in [3.05, 3.63) is 53.6 Å². The van der Waals surface area contributed by atoms with E-state index in [0.29, 0.717) is 24.3 Å². The summed E-state index contributed by atoms with van der Waals surface area (Å²) in [6.07, 6.45) is -0.262. The van der Waals surface area contributed by atoms with E-state index >= 15 is 0 Å². The zero-order chi connectivity index (χ0) is 30.2. The van der Waals surface area contributed by atoms with Crippen LogP contribution < -0.4 is 5.73 Å². The molecule has 0 spiro atoms. The Balaban J connectivity index is 1.50. The molecule has 0 aromatic heterocycles. The molecule has 11 heteroatoms. The molecule has 3 aliphatic rings. The molecule has 5 atom stereocenters. The summed E-state index contributed by atoms with van der Waals surface area (Å²) < 4.78 is 53.4. The Bertz CT molecular complexity index is 1380. The number of hydrogen-bond donors (Lipinski definition) is 2. The molecule has 2 saturated heterocycles. The van der Waals surface area contributed by atoms with Gasteiger partial charge in [-0.05, 0) is 68.5 Å². The van der Waals surface area contributed by atoms with Crippen molar-refractivity contribution in [2.75, 3.05) is 32.0 Å². The van der Waals surface area contributed by atoms with E-state index in [2.05, 4.69) is 0 Å². The van der Waals surface area contributed by atoms with Crippen molar-refractivity contribution in [3.8, 4) is 5.75 Å². The monoisotopic (exact) mass is 602 g/mol. The van der Waals surface area contributed by atoms with Gasteiger partial charge in [-0.15, -0.1) is 0 Å². The second-order valence-corrected chi connectivity index (χ2v) is 14.5. The molecule has 0 radical (unpaired) electrons. The van der Waals surface area contributed by atoms with Gasteiger partial charge in [0.2, 0.25) is 10.0 Å². The summed E-state index contributed by atoms with van der Waals surface area (Å²) in [7, 11) is -3.89. The maximum Gasteiger partial charge on any atom is 0.306 e. The maximum absolute atomic E-state index is 14.0. The number of phenolic OH excluding ortho intramolecular Hbond substituents is 1. The van der Waals surface area contributed by atoms with Crippen LogP contribution in [0.4, 0.5) is 5.69 Å². The van der Waals surface area contributed by atoms with E-state index in [0.717, 1.165) is 12.0 Å². The van der Waals surface area contributed by atoms with E-state index in [-0.39, 0.29) is 54.9 Å². The summed E-state index contributed by atoms with van der Waals surface area (Å²) in [5.74, 6) is -0.674. The highest BCUT2D eigenvalue weighted by Crippen LogP contribution is 2.39. The average molecular weight is 603 g/mol. The van der Waals surface area contributed by atoms with E-state index in [4.69, 9.17) is 24.7 Å². The fourth-order valence-electron chi connectivity index (χ4n) is 6.22. The summed E-state index contributed by atoms with van der Waals surface area (Å²) in [5, 5.41) is 9.85. The third-order valence-corrected chi connectivity index (χ3v) is 10.2. The number of nitrogens with zero attached hydrogens (tertiary/aromatic N) is 1. The molecule has 2 fully saturated rings. The Morgan fingerprint density at radius 2 is 1.90 bits per heavy atom. The Morgan fingerprint density at radius 1 is 1.17 bits per heavy atom. The van der Waals surface area contributed by atoms with Gasteiger partial charge in [-0.1, -0.05) is 26.0 Å². The smallest absolute Gasteiger partial charge is 0.306 e. The molecule has 0 amide bonds. The van der Waals surface area contributed by atoms with Crippen molar-refractivity contribution in [2.45, 2.75) is 76.0 Å². The fraction of sp³-hybridized carbons (Fsp3) is 0.581. The lowest BCUT2D eigenvalue weighted by atomic mass is 9.88. The van der Waals surface area contributed by atoms with Gasteiger partial charge in [0.25, 0.3) is 0 Å². The number of nitrogen functional groups attached to an aromatic ring is 1. The summed E-state index contributed by atoms with van der Waals surface area (Å²) in [6.45, 7) is 8.84. The van der Waals surface area contributed by atoms with Crippen LogP contribution in [0.3, 0.4) is 0 Å². The molecular weight excluding hydrogens is 560 g/mol. The highest BCUT2D eigenvalue weighted by atomic mass is 32.2. The first-order valence-corrected chi connectivity index (χ1v) is 16.1. The molecular formula is C31H42N2O8S. The van der Waals surface area contributed by atoms with Gasteiger partial charge in [0.05, 0.1) is 42.2 Å². The summed E-state index contributed by atoms with van der Waals surface area (Å²) in [5.41, 5.74) is 7.27. The van der Waals surface area contributed by atoms with Crippen LogP contribution in [-0.4, -0.2) is 68.6 Å². The van der Waals surface area contributed by atoms with Gasteiger partial charge in [-0.2, -0.15) is 4.31 Å². The van der Waals surface area contributed by atoms with Gasteiger partial charge in [-0.25, -0.2) is 8.42 Å². The van der Waals surface area contributed by atoms with Gasteiger partial charge in [0.1, 0.15) is 11.9 Å². The van der Waals surface area contributed by atoms with Gasteiger partial charge in [0.15, 0.2) is 6.29 Å². The van der Waals surface area contributed by atoms with Gasteiger partial charge in [-0.3, -0.25) is 4.79 Å². The summed E-state index contributed by atoms with van der Waals surface area (Å²) in [6, 6.07) is 11.5. The number of rotatable bonds is 8. The zero-order valence-corrected chi connectivity index (χ0v) is 25.5. The normalized spacial score (nSPS) is 27.5. The molecule has 2 bridgehead atoms. The molecule has 2 unspecified atom stereocenters. The molecule has 230 valence electrons. The second-order valence-electron chi connectivity index (χ2n) is 12.5. The Kier molecular flexibility index (Phi) is 8.87. The second kappa shape index (κ2) is 12.1. The molecule has 3 N–H and O–H groups in total. The van der Waals surface area contributed by atoms with Crippen LogP contribution in [0.5, 0.6) is 5.75 Å². The third-order valence-electron chi connectivity index (χ3n) is 8.37. The number of aromatic hydroxyl groups is 1. The number of hydrogen-bond acceptors (Lipinski definition) is 9. The fourth-order valence-corrected chi connectivity index (χ4v) is 7.86. The quantitative estimate of drug-likeness (QED) is 0.341. The molecule has 0 saturated carbocycles. The van der Waals surface area contributed by atoms with Crippen LogP contribution in [0.25, 0.3) is 0 Å². The first kappa shape index (κ1) is 30.7. The first-order valence-electron chi connectivity index (χ1n) is 14.6. The lowest BCUT2D eigenvalue weighted by Crippen LogP contribution is -2.46. The van der Waals surface area contributed by atoms with E-state index in [1.54, 1.807) is 36.4 Å². The molecule has 5 rings (SSSR count). The predicted octanol–water partition coefficient (Wildman–Crippen LogP) is 3.81. The minimum Gasteiger partial charge on any atom is -0.508 e. The first-order chi connectivity index (χ1) is 19.8. The molecule has 2 aromatic rings. The van der Waals surface area contributed by atoms with Gasteiger partial charge < -0.3 is 29.8 Å². The Labute approximate surface area is 248 Å². The lowest BCUT2D eigenvalue weighted by Gasteiger charge is -2.37. The molecule has 10 nitrogen and oxygen atoms in total. The topological polar surface area (TPSA) is 138 Å². The number of sulfonamides is 1. The van der Waals surface area contributed by atoms with Crippen molar-refractivity contribution in [1.82, 2.24) is 4.31 Å². The van der Waals surface area contributed by atoms with Crippen molar-refractivity contribution in [1.29, 1.82) is 0 Å². The van der Waals surface area contributed by atoms with E-state index < -0.39 is 39.7 Å². The van der Waals surface area contributed by atoms with Crippen LogP contribution in [0.2, 0.25) is 0 Å². The highest BCUT2D eigenvalue weighted by molar-refractivity contribution is 7.89. The number of phenols is 1. The summed E-state index contributed by atoms with van der Waals surface area (Å²) >= 11 is 0. The molecule has 2 aromatic carbocycles.